The first kappa shape index (κ1) is 15.8. The van der Waals surface area contributed by atoms with Crippen LogP contribution in [0.3, 0.4) is 0 Å². The normalized spacial score (nSPS) is 18.1. The van der Waals surface area contributed by atoms with Crippen molar-refractivity contribution in [2.45, 2.75) is 39.2 Å². The molecular weight excluding hydrogens is 286 g/mol. The fourth-order valence-electron chi connectivity index (χ4n) is 3.41. The molecule has 0 radical (unpaired) electrons. The Morgan fingerprint density at radius 1 is 1.30 bits per heavy atom. The van der Waals surface area contributed by atoms with Crippen molar-refractivity contribution in [3.8, 4) is 0 Å². The topological polar surface area (TPSA) is 38.1 Å². The van der Waals surface area contributed by atoms with Crippen LogP contribution in [0.2, 0.25) is 0 Å². The van der Waals surface area contributed by atoms with Crippen LogP contribution in [0.4, 0.5) is 0 Å². The third kappa shape index (κ3) is 4.21. The first-order chi connectivity index (χ1) is 11.2. The Morgan fingerprint density at radius 2 is 2.17 bits per heavy atom. The van der Waals surface area contributed by atoms with E-state index < -0.39 is 0 Å². The quantitative estimate of drug-likeness (QED) is 0.851. The van der Waals surface area contributed by atoms with E-state index in [0.717, 1.165) is 32.4 Å². The van der Waals surface area contributed by atoms with E-state index in [9.17, 15) is 4.79 Å². The van der Waals surface area contributed by atoms with Crippen LogP contribution in [-0.4, -0.2) is 33.7 Å². The number of likely N-dealkylation sites (tertiary alicyclic amines) is 1. The molecule has 3 rings (SSSR count). The predicted octanol–water partition coefficient (Wildman–Crippen LogP) is 3.06. The highest BCUT2D eigenvalue weighted by Crippen LogP contribution is 2.22. The fourth-order valence-corrected chi connectivity index (χ4v) is 3.41. The summed E-state index contributed by atoms with van der Waals surface area (Å²) >= 11 is 0. The molecule has 1 atom stereocenters. The molecule has 23 heavy (non-hydrogen) atoms. The molecule has 1 aromatic heterocycles. The standard InChI is InChI=1S/C19H25N3O/c1-16-6-2-3-8-18(16)10-9-17-7-4-12-21(14-17)19(23)15-22-13-5-11-20-22/h2-3,5-6,8,11,13,17H,4,7,9-10,12,14-15H2,1H3. The van der Waals surface area contributed by atoms with Gasteiger partial charge >= 0.3 is 0 Å². The van der Waals surface area contributed by atoms with Gasteiger partial charge in [-0.25, -0.2) is 0 Å². The number of carbonyl (C=O) groups is 1. The molecule has 122 valence electrons. The van der Waals surface area contributed by atoms with Gasteiger partial charge in [-0.1, -0.05) is 24.3 Å². The van der Waals surface area contributed by atoms with E-state index in [1.54, 1.807) is 10.9 Å². The molecule has 4 heteroatoms. The molecule has 1 aromatic carbocycles. The van der Waals surface area contributed by atoms with Crippen molar-refractivity contribution in [3.63, 3.8) is 0 Å². The SMILES string of the molecule is Cc1ccccc1CCC1CCCN(C(=O)Cn2cccn2)C1. The summed E-state index contributed by atoms with van der Waals surface area (Å²) in [5.41, 5.74) is 2.81. The number of hydrogen-bond acceptors (Lipinski definition) is 2. The van der Waals surface area contributed by atoms with Crippen molar-refractivity contribution >= 4 is 5.91 Å². The zero-order chi connectivity index (χ0) is 16.1. The summed E-state index contributed by atoms with van der Waals surface area (Å²) in [7, 11) is 0. The summed E-state index contributed by atoms with van der Waals surface area (Å²) < 4.78 is 1.71. The van der Waals surface area contributed by atoms with Crippen LogP contribution >= 0.6 is 0 Å². The van der Waals surface area contributed by atoms with Crippen molar-refractivity contribution in [2.24, 2.45) is 5.92 Å². The number of benzene rings is 1. The Morgan fingerprint density at radius 3 is 2.96 bits per heavy atom. The van der Waals surface area contributed by atoms with E-state index in [4.69, 9.17) is 0 Å². The van der Waals surface area contributed by atoms with E-state index >= 15 is 0 Å². The Balaban J connectivity index is 1.52. The Labute approximate surface area is 138 Å². The largest absolute Gasteiger partial charge is 0.341 e. The molecule has 4 nitrogen and oxygen atoms in total. The van der Waals surface area contributed by atoms with Gasteiger partial charge in [-0.3, -0.25) is 9.48 Å². The lowest BCUT2D eigenvalue weighted by atomic mass is 9.90. The van der Waals surface area contributed by atoms with Crippen molar-refractivity contribution < 1.29 is 4.79 Å². The minimum Gasteiger partial charge on any atom is -0.341 e. The lowest BCUT2D eigenvalue weighted by Crippen LogP contribution is -2.41. The maximum Gasteiger partial charge on any atom is 0.244 e. The van der Waals surface area contributed by atoms with Gasteiger partial charge in [-0.2, -0.15) is 5.10 Å². The van der Waals surface area contributed by atoms with Gasteiger partial charge < -0.3 is 4.90 Å². The van der Waals surface area contributed by atoms with Gasteiger partial charge in [-0.15, -0.1) is 0 Å². The first-order valence-electron chi connectivity index (χ1n) is 8.52. The van der Waals surface area contributed by atoms with Crippen LogP contribution in [0, 0.1) is 12.8 Å². The summed E-state index contributed by atoms with van der Waals surface area (Å²) in [4.78, 5) is 14.4. The number of rotatable bonds is 5. The molecule has 1 amide bonds. The summed E-state index contributed by atoms with van der Waals surface area (Å²) in [6.45, 7) is 4.32. The van der Waals surface area contributed by atoms with Gasteiger partial charge in [-0.05, 0) is 55.7 Å². The second-order valence-electron chi connectivity index (χ2n) is 6.52. The van der Waals surface area contributed by atoms with Crippen LogP contribution in [-0.2, 0) is 17.8 Å². The molecule has 1 unspecified atom stereocenters. The molecule has 1 fully saturated rings. The lowest BCUT2D eigenvalue weighted by molar-refractivity contribution is -0.133. The number of aromatic nitrogens is 2. The van der Waals surface area contributed by atoms with Gasteiger partial charge in [0.1, 0.15) is 6.54 Å². The number of carbonyl (C=O) groups excluding carboxylic acids is 1. The monoisotopic (exact) mass is 311 g/mol. The number of amides is 1. The van der Waals surface area contributed by atoms with Gasteiger partial charge in [0.05, 0.1) is 0 Å². The Kier molecular flexibility index (Phi) is 5.11. The highest BCUT2D eigenvalue weighted by atomic mass is 16.2. The van der Waals surface area contributed by atoms with Crippen molar-refractivity contribution in [2.75, 3.05) is 13.1 Å². The van der Waals surface area contributed by atoms with E-state index in [1.165, 1.54) is 17.5 Å². The second kappa shape index (κ2) is 7.44. The molecule has 0 spiro atoms. The van der Waals surface area contributed by atoms with E-state index in [1.807, 2.05) is 17.2 Å². The third-order valence-electron chi connectivity index (χ3n) is 4.81. The number of piperidine rings is 1. The third-order valence-corrected chi connectivity index (χ3v) is 4.81. The van der Waals surface area contributed by atoms with Gasteiger partial charge in [0.2, 0.25) is 5.91 Å². The second-order valence-corrected chi connectivity index (χ2v) is 6.52. The molecule has 0 N–H and O–H groups in total. The molecule has 0 bridgehead atoms. The maximum atomic E-state index is 12.4. The molecule has 2 heterocycles. The van der Waals surface area contributed by atoms with Crippen LogP contribution in [0.25, 0.3) is 0 Å². The van der Waals surface area contributed by atoms with Crippen molar-refractivity contribution in [3.05, 3.63) is 53.9 Å². The number of nitrogens with zero attached hydrogens (tertiary/aromatic N) is 3. The zero-order valence-electron chi connectivity index (χ0n) is 13.8. The number of hydrogen-bond donors (Lipinski definition) is 0. The molecule has 1 saturated heterocycles. The fraction of sp³-hybridized carbons (Fsp3) is 0.474. The average molecular weight is 311 g/mol. The smallest absolute Gasteiger partial charge is 0.244 e. The zero-order valence-corrected chi connectivity index (χ0v) is 13.8. The van der Waals surface area contributed by atoms with E-state index in [2.05, 4.69) is 36.3 Å². The minimum atomic E-state index is 0.189. The molecule has 1 aliphatic heterocycles. The molecule has 2 aromatic rings. The molecule has 0 saturated carbocycles. The van der Waals surface area contributed by atoms with Gasteiger partial charge in [0.15, 0.2) is 0 Å². The Hall–Kier alpha value is -2.10. The summed E-state index contributed by atoms with van der Waals surface area (Å²) in [5.74, 6) is 0.805. The highest BCUT2D eigenvalue weighted by molar-refractivity contribution is 5.76. The number of aryl methyl sites for hydroxylation is 2. The summed E-state index contributed by atoms with van der Waals surface area (Å²) in [6.07, 6.45) is 8.18. The van der Waals surface area contributed by atoms with E-state index in [0.29, 0.717) is 12.5 Å². The summed E-state index contributed by atoms with van der Waals surface area (Å²) in [5, 5.41) is 4.12. The lowest BCUT2D eigenvalue weighted by Gasteiger charge is -2.33. The van der Waals surface area contributed by atoms with Crippen LogP contribution < -0.4 is 0 Å². The van der Waals surface area contributed by atoms with Crippen molar-refractivity contribution in [1.29, 1.82) is 0 Å². The minimum absolute atomic E-state index is 0.189. The molecule has 0 aliphatic carbocycles. The molecular formula is C19H25N3O. The van der Waals surface area contributed by atoms with Gasteiger partial charge in [0, 0.05) is 25.5 Å². The maximum absolute atomic E-state index is 12.4. The van der Waals surface area contributed by atoms with Crippen molar-refractivity contribution in [1.82, 2.24) is 14.7 Å². The predicted molar refractivity (Wildman–Crippen MR) is 91.0 cm³/mol. The first-order valence-corrected chi connectivity index (χ1v) is 8.52. The van der Waals surface area contributed by atoms with E-state index in [-0.39, 0.29) is 5.91 Å². The average Bonchev–Trinajstić information content (AvgIpc) is 3.07. The van der Waals surface area contributed by atoms with Crippen LogP contribution in [0.1, 0.15) is 30.4 Å². The summed E-state index contributed by atoms with van der Waals surface area (Å²) in [6, 6.07) is 10.5. The van der Waals surface area contributed by atoms with Gasteiger partial charge in [0.25, 0.3) is 0 Å². The Bertz CT molecular complexity index is 636. The van der Waals surface area contributed by atoms with Crippen LogP contribution in [0.5, 0.6) is 0 Å². The van der Waals surface area contributed by atoms with Crippen LogP contribution in [0.15, 0.2) is 42.7 Å². The molecule has 1 aliphatic rings. The highest BCUT2D eigenvalue weighted by Gasteiger charge is 2.23.